The van der Waals surface area contributed by atoms with Crippen LogP contribution in [-0.2, 0) is 22.9 Å². The summed E-state index contributed by atoms with van der Waals surface area (Å²) in [7, 11) is -2.84. The lowest BCUT2D eigenvalue weighted by atomic mass is 10.1. The number of piperidine rings is 2. The van der Waals surface area contributed by atoms with Crippen molar-refractivity contribution in [1.29, 1.82) is 0 Å². The van der Waals surface area contributed by atoms with Crippen LogP contribution in [0.3, 0.4) is 0 Å². The van der Waals surface area contributed by atoms with Gasteiger partial charge < -0.3 is 24.7 Å². The van der Waals surface area contributed by atoms with Crippen LogP contribution in [0.4, 0.5) is 0 Å². The van der Waals surface area contributed by atoms with E-state index in [2.05, 4.69) is 106 Å². The van der Waals surface area contributed by atoms with E-state index in [4.69, 9.17) is 24.7 Å². The van der Waals surface area contributed by atoms with Gasteiger partial charge >= 0.3 is 0 Å². The number of sulfone groups is 1. The zero-order valence-electron chi connectivity index (χ0n) is 31.9. The molecule has 2 aromatic heterocycles. The van der Waals surface area contributed by atoms with Crippen LogP contribution < -0.4 is 24.7 Å². The highest BCUT2D eigenvalue weighted by Crippen LogP contribution is 2.54. The molecule has 2 saturated heterocycles. The van der Waals surface area contributed by atoms with Gasteiger partial charge in [-0.05, 0) is 95.0 Å². The molecule has 4 aliphatic heterocycles. The van der Waals surface area contributed by atoms with Gasteiger partial charge in [0.2, 0.25) is 0 Å². The smallest absolute Gasteiger partial charge is 0.257 e. The molecule has 15 heteroatoms. The van der Waals surface area contributed by atoms with E-state index in [1.165, 1.54) is 30.5 Å². The van der Waals surface area contributed by atoms with Crippen molar-refractivity contribution in [2.24, 2.45) is 41.2 Å². The standard InChI is InChI=1S/C22H26N2O4S.C20H23N3O2.CH4.ClH.I2/c1-29(25,26)10-8-17-18-12-24(13-19(17)18)11-15-4-6-16(7-5-15)21-14-27-20-3-2-9-23-22(20)28-21;21-8-15-16-10-23(11-17(15)16)9-13-3-5-14(6-4-13)19-12-24-18-2-1-7-22-20(18)25-19;;;1-2/h2-7,9,17-19,21H,8,10-14H2,1H3;1-7,15-17,19H,8-12,21H2;1H4;1H;/t17?,18-,19+,21-;15?,16-,17+,19-;;;/m11.../s1. The van der Waals surface area contributed by atoms with Crippen molar-refractivity contribution in [3.8, 4) is 23.3 Å². The molecule has 2 saturated carbocycles. The lowest BCUT2D eigenvalue weighted by Crippen LogP contribution is -2.26. The van der Waals surface area contributed by atoms with E-state index in [-0.39, 0.29) is 32.0 Å². The zero-order chi connectivity index (χ0) is 38.8. The Morgan fingerprint density at radius 2 is 1.10 bits per heavy atom. The summed E-state index contributed by atoms with van der Waals surface area (Å²) >= 11 is 4.24. The van der Waals surface area contributed by atoms with Crippen molar-refractivity contribution in [3.05, 3.63) is 107 Å². The highest BCUT2D eigenvalue weighted by molar-refractivity contribution is 15.0. The summed E-state index contributed by atoms with van der Waals surface area (Å²) in [6, 6.07) is 24.7. The SMILES string of the molecule is C.CS(=O)(=O)CCC1[C@H]2CN(Cc3ccc([C@H]4COc5cccnc5O4)cc3)C[C@@H]12.Cl.II.NCC1[C@H]2CN(Cc3ccc([C@H]4COc5cccnc5O4)cc3)C[C@@H]12. The van der Waals surface area contributed by atoms with Gasteiger partial charge in [0.25, 0.3) is 11.8 Å². The number of hydrogen-bond acceptors (Lipinski definition) is 11. The predicted octanol–water partition coefficient (Wildman–Crippen LogP) is 7.77. The number of pyridine rings is 2. The first kappa shape index (κ1) is 45.1. The minimum absolute atomic E-state index is 0. The van der Waals surface area contributed by atoms with E-state index >= 15 is 0 Å². The molecule has 58 heavy (non-hydrogen) atoms. The van der Waals surface area contributed by atoms with E-state index in [1.807, 2.05) is 24.3 Å². The predicted molar refractivity (Wildman–Crippen MR) is 246 cm³/mol. The Bertz CT molecular complexity index is 2050. The molecule has 2 N–H and O–H groups in total. The summed E-state index contributed by atoms with van der Waals surface area (Å²) < 4.78 is 46.2. The highest BCUT2D eigenvalue weighted by Gasteiger charge is 2.55. The van der Waals surface area contributed by atoms with Gasteiger partial charge in [-0.3, -0.25) is 9.80 Å². The summed E-state index contributed by atoms with van der Waals surface area (Å²) in [5, 5.41) is 0. The summed E-state index contributed by atoms with van der Waals surface area (Å²) in [5.74, 6) is 7.37. The number of hydrogen-bond donors (Lipinski definition) is 1. The maximum absolute atomic E-state index is 11.4. The number of aromatic nitrogens is 2. The lowest BCUT2D eigenvalue weighted by Gasteiger charge is -2.26. The fraction of sp³-hybridized carbons (Fsp3) is 0.488. The molecular formula is C43H54ClI2N5O6S. The molecule has 314 valence electrons. The van der Waals surface area contributed by atoms with Gasteiger partial charge in [0.15, 0.2) is 23.7 Å². The molecule has 2 aliphatic carbocycles. The van der Waals surface area contributed by atoms with Crippen molar-refractivity contribution in [3.63, 3.8) is 0 Å². The lowest BCUT2D eigenvalue weighted by molar-refractivity contribution is 0.0850. The Labute approximate surface area is 372 Å². The van der Waals surface area contributed by atoms with Crippen LogP contribution in [0.2, 0.25) is 0 Å². The van der Waals surface area contributed by atoms with Crippen LogP contribution in [-0.4, -0.2) is 86.1 Å². The second-order valence-electron chi connectivity index (χ2n) is 16.0. The molecule has 11 nitrogen and oxygen atoms in total. The average Bonchev–Trinajstić information content (AvgIpc) is 3.92. The van der Waals surface area contributed by atoms with Crippen molar-refractivity contribution in [1.82, 2.24) is 19.8 Å². The van der Waals surface area contributed by atoms with Gasteiger partial charge in [0, 0.05) is 95.1 Å². The largest absolute Gasteiger partial charge is 0.484 e. The Kier molecular flexibility index (Phi) is 15.5. The molecule has 4 aromatic rings. The molecule has 0 spiro atoms. The van der Waals surface area contributed by atoms with Gasteiger partial charge in [-0.2, -0.15) is 0 Å². The molecule has 8 atom stereocenters. The van der Waals surface area contributed by atoms with Gasteiger partial charge in [0.1, 0.15) is 23.1 Å². The van der Waals surface area contributed by atoms with E-state index in [0.29, 0.717) is 54.2 Å². The molecule has 2 aromatic carbocycles. The number of benzene rings is 2. The number of fused-ring (bicyclic) bond motifs is 4. The number of ether oxygens (including phenoxy) is 4. The first-order valence-electron chi connectivity index (χ1n) is 19.4. The van der Waals surface area contributed by atoms with E-state index in [0.717, 1.165) is 73.8 Å². The van der Waals surface area contributed by atoms with Gasteiger partial charge in [-0.1, -0.05) is 56.0 Å². The zero-order valence-corrected chi connectivity index (χ0v) is 37.8. The molecule has 0 radical (unpaired) electrons. The normalized spacial score (nSPS) is 27.2. The van der Waals surface area contributed by atoms with Crippen LogP contribution in [0.1, 0.15) is 48.3 Å². The van der Waals surface area contributed by atoms with Crippen molar-refractivity contribution in [2.75, 3.05) is 57.9 Å². The molecule has 6 aliphatic rings. The topological polar surface area (TPSA) is 129 Å². The summed E-state index contributed by atoms with van der Waals surface area (Å²) in [4.78, 5) is 13.5. The van der Waals surface area contributed by atoms with Crippen LogP contribution in [0.5, 0.6) is 23.3 Å². The Balaban J connectivity index is 0.000000183. The maximum Gasteiger partial charge on any atom is 0.257 e. The van der Waals surface area contributed by atoms with Crippen molar-refractivity contribution < 1.29 is 27.4 Å². The van der Waals surface area contributed by atoms with Crippen LogP contribution in [0, 0.1) is 35.5 Å². The number of rotatable bonds is 10. The number of nitrogens with zero attached hydrogens (tertiary/aromatic N) is 4. The third kappa shape index (κ3) is 10.7. The number of nitrogens with two attached hydrogens (primary N) is 1. The highest BCUT2D eigenvalue weighted by atomic mass is 128. The molecule has 0 amide bonds. The first-order chi connectivity index (χ1) is 27.3. The van der Waals surface area contributed by atoms with Crippen LogP contribution >= 0.6 is 49.6 Å². The summed E-state index contributed by atoms with van der Waals surface area (Å²) in [6.45, 7) is 8.42. The van der Waals surface area contributed by atoms with E-state index < -0.39 is 9.84 Å². The summed E-state index contributed by atoms with van der Waals surface area (Å²) in [5.41, 5.74) is 10.7. The molecule has 2 unspecified atom stereocenters. The number of likely N-dealkylation sites (tertiary alicyclic amines) is 2. The second-order valence-corrected chi connectivity index (χ2v) is 18.2. The third-order valence-corrected chi connectivity index (χ3v) is 13.2. The maximum atomic E-state index is 11.4. The monoisotopic (exact) mass is 1060 g/mol. The first-order valence-corrected chi connectivity index (χ1v) is 27.8. The second kappa shape index (κ2) is 19.9. The molecule has 6 heterocycles. The van der Waals surface area contributed by atoms with Gasteiger partial charge in [0.05, 0.1) is 5.75 Å². The van der Waals surface area contributed by atoms with Crippen LogP contribution in [0.25, 0.3) is 0 Å². The molecule has 0 bridgehead atoms. The van der Waals surface area contributed by atoms with Gasteiger partial charge in [-0.25, -0.2) is 18.4 Å². The van der Waals surface area contributed by atoms with E-state index in [1.54, 1.807) is 12.4 Å². The minimum atomic E-state index is -2.84. The fourth-order valence-electron chi connectivity index (χ4n) is 9.20. The fourth-order valence-corrected chi connectivity index (χ4v) is 9.90. The molecule has 4 fully saturated rings. The Morgan fingerprint density at radius 3 is 1.50 bits per heavy atom. The molecular weight excluding hydrogens is 1000 g/mol. The summed E-state index contributed by atoms with van der Waals surface area (Å²) in [6.07, 6.45) is 5.37. The van der Waals surface area contributed by atoms with Crippen molar-refractivity contribution >= 4 is 59.5 Å². The van der Waals surface area contributed by atoms with Crippen LogP contribution in [0.15, 0.2) is 85.2 Å². The quantitative estimate of drug-likeness (QED) is 0.157. The Hall–Kier alpha value is -2.48. The average molecular weight is 1060 g/mol. The third-order valence-electron chi connectivity index (χ3n) is 12.3. The van der Waals surface area contributed by atoms with Crippen molar-refractivity contribution in [2.45, 2.75) is 39.1 Å². The minimum Gasteiger partial charge on any atom is -0.484 e. The number of halogens is 3. The Morgan fingerprint density at radius 1 is 0.690 bits per heavy atom. The molecule has 10 rings (SSSR count). The van der Waals surface area contributed by atoms with E-state index in [9.17, 15) is 8.42 Å². The van der Waals surface area contributed by atoms with Gasteiger partial charge in [-0.15, -0.1) is 12.4 Å².